The van der Waals surface area contributed by atoms with Crippen LogP contribution in [0.25, 0.3) is 0 Å². The highest BCUT2D eigenvalue weighted by Gasteiger charge is 2.34. The number of halogens is 2. The zero-order valence-corrected chi connectivity index (χ0v) is 16.1. The van der Waals surface area contributed by atoms with Gasteiger partial charge < -0.3 is 14.2 Å². The fourth-order valence-electron chi connectivity index (χ4n) is 4.70. The molecular weight excluding hydrogens is 366 g/mol. The molecule has 1 aliphatic heterocycles. The number of esters is 1. The third kappa shape index (κ3) is 5.09. The van der Waals surface area contributed by atoms with E-state index in [-0.39, 0.29) is 17.6 Å². The van der Waals surface area contributed by atoms with E-state index in [2.05, 4.69) is 0 Å². The summed E-state index contributed by atoms with van der Waals surface area (Å²) in [6.07, 6.45) is 9.03. The molecule has 1 heterocycles. The largest absolute Gasteiger partial charge is 0.426 e. The number of ether oxygens (including phenoxy) is 3. The minimum atomic E-state index is -1.00. The van der Waals surface area contributed by atoms with Gasteiger partial charge in [-0.3, -0.25) is 4.79 Å². The van der Waals surface area contributed by atoms with Crippen molar-refractivity contribution in [3.05, 3.63) is 29.8 Å². The summed E-state index contributed by atoms with van der Waals surface area (Å²) in [5.41, 5.74) is 0. The second-order valence-corrected chi connectivity index (χ2v) is 8.43. The van der Waals surface area contributed by atoms with Gasteiger partial charge in [0, 0.05) is 6.07 Å². The lowest BCUT2D eigenvalue weighted by Gasteiger charge is -2.37. The fraction of sp³-hybridized carbons (Fsp3) is 0.682. The maximum Gasteiger partial charge on any atom is 0.314 e. The Kier molecular flexibility index (Phi) is 6.26. The number of hydrogen-bond donors (Lipinski definition) is 0. The molecule has 0 bridgehead atoms. The van der Waals surface area contributed by atoms with Crippen molar-refractivity contribution < 1.29 is 27.8 Å². The molecule has 0 N–H and O–H groups in total. The number of benzene rings is 1. The molecule has 0 aromatic heterocycles. The first-order valence-electron chi connectivity index (χ1n) is 10.5. The van der Waals surface area contributed by atoms with Crippen LogP contribution in [0.2, 0.25) is 0 Å². The molecule has 1 saturated heterocycles. The lowest BCUT2D eigenvalue weighted by atomic mass is 9.70. The topological polar surface area (TPSA) is 48.1 Å². The molecule has 0 spiro atoms. The third-order valence-electron chi connectivity index (χ3n) is 6.52. The molecule has 1 aromatic rings. The van der Waals surface area contributed by atoms with Crippen LogP contribution in [-0.2, 0) is 14.3 Å². The van der Waals surface area contributed by atoms with Crippen molar-refractivity contribution in [2.24, 2.45) is 17.8 Å². The van der Waals surface area contributed by atoms with E-state index in [9.17, 15) is 13.6 Å². The molecule has 154 valence electrons. The van der Waals surface area contributed by atoms with Crippen LogP contribution in [0, 0.1) is 29.4 Å². The van der Waals surface area contributed by atoms with E-state index in [1.807, 2.05) is 0 Å². The summed E-state index contributed by atoms with van der Waals surface area (Å²) in [5, 5.41) is 0. The van der Waals surface area contributed by atoms with E-state index in [1.165, 1.54) is 18.9 Å². The predicted octanol–water partition coefficient (Wildman–Crippen LogP) is 4.65. The van der Waals surface area contributed by atoms with Crippen molar-refractivity contribution >= 4 is 5.97 Å². The predicted molar refractivity (Wildman–Crippen MR) is 98.9 cm³/mol. The monoisotopic (exact) mass is 394 g/mol. The van der Waals surface area contributed by atoms with Crippen LogP contribution in [0.5, 0.6) is 5.75 Å². The highest BCUT2D eigenvalue weighted by atomic mass is 19.2. The van der Waals surface area contributed by atoms with Crippen LogP contribution in [0.15, 0.2) is 18.2 Å². The summed E-state index contributed by atoms with van der Waals surface area (Å²) in [5.74, 6) is -0.966. The van der Waals surface area contributed by atoms with Gasteiger partial charge in [0.1, 0.15) is 11.9 Å². The van der Waals surface area contributed by atoms with Gasteiger partial charge in [-0.1, -0.05) is 0 Å². The van der Waals surface area contributed by atoms with Crippen molar-refractivity contribution in [2.45, 2.75) is 63.6 Å². The standard InChI is InChI=1S/C22H28F2O4/c23-20-10-9-18(11-21(20)24)28-22(25)16-3-1-14(2-4-16)15-5-7-17(8-6-15)26-12-19-13-27-19/h9-11,14-17,19H,1-8,12-13H2. The summed E-state index contributed by atoms with van der Waals surface area (Å²) in [7, 11) is 0. The SMILES string of the molecule is O=C(Oc1ccc(F)c(F)c1)C1CCC(C2CCC(OCC3CO3)CC2)CC1. The van der Waals surface area contributed by atoms with Crippen molar-refractivity contribution in [1.82, 2.24) is 0 Å². The quantitative estimate of drug-likeness (QED) is 0.400. The summed E-state index contributed by atoms with van der Waals surface area (Å²) >= 11 is 0. The summed E-state index contributed by atoms with van der Waals surface area (Å²) in [4.78, 5) is 12.4. The minimum Gasteiger partial charge on any atom is -0.426 e. The van der Waals surface area contributed by atoms with Gasteiger partial charge in [-0.15, -0.1) is 0 Å². The maximum absolute atomic E-state index is 13.3. The number of epoxide rings is 1. The van der Waals surface area contributed by atoms with Gasteiger partial charge in [-0.25, -0.2) is 8.78 Å². The molecule has 1 unspecified atom stereocenters. The normalized spacial score (nSPS) is 32.7. The molecule has 3 fully saturated rings. The molecule has 4 rings (SSSR count). The second kappa shape index (κ2) is 8.87. The van der Waals surface area contributed by atoms with Crippen LogP contribution in [0.4, 0.5) is 8.78 Å². The molecule has 2 saturated carbocycles. The molecule has 28 heavy (non-hydrogen) atoms. The smallest absolute Gasteiger partial charge is 0.314 e. The van der Waals surface area contributed by atoms with Gasteiger partial charge in [0.25, 0.3) is 0 Å². The zero-order chi connectivity index (χ0) is 19.5. The lowest BCUT2D eigenvalue weighted by molar-refractivity contribution is -0.140. The molecule has 2 aliphatic carbocycles. The minimum absolute atomic E-state index is 0.0703. The van der Waals surface area contributed by atoms with E-state index in [1.54, 1.807) is 0 Å². The first kappa shape index (κ1) is 19.8. The molecule has 1 atom stereocenters. The van der Waals surface area contributed by atoms with Gasteiger partial charge >= 0.3 is 5.97 Å². The van der Waals surface area contributed by atoms with Gasteiger partial charge in [0.2, 0.25) is 0 Å². The number of rotatable bonds is 6. The molecule has 3 aliphatic rings. The summed E-state index contributed by atoms with van der Waals surface area (Å²) in [6, 6.07) is 3.19. The van der Waals surface area contributed by atoms with Crippen molar-refractivity contribution in [3.63, 3.8) is 0 Å². The molecule has 4 nitrogen and oxygen atoms in total. The Hall–Kier alpha value is -1.53. The first-order chi connectivity index (χ1) is 13.6. The molecule has 0 radical (unpaired) electrons. The van der Waals surface area contributed by atoms with Crippen molar-refractivity contribution in [1.29, 1.82) is 0 Å². The van der Waals surface area contributed by atoms with Gasteiger partial charge in [-0.2, -0.15) is 0 Å². The van der Waals surface area contributed by atoms with Crippen LogP contribution in [0.3, 0.4) is 0 Å². The van der Waals surface area contributed by atoms with E-state index in [0.29, 0.717) is 18.1 Å². The third-order valence-corrected chi connectivity index (χ3v) is 6.52. The lowest BCUT2D eigenvalue weighted by Crippen LogP contribution is -2.31. The Morgan fingerprint density at radius 1 is 0.964 bits per heavy atom. The highest BCUT2D eigenvalue weighted by Crippen LogP contribution is 2.41. The van der Waals surface area contributed by atoms with Crippen molar-refractivity contribution in [2.75, 3.05) is 13.2 Å². The molecular formula is C22H28F2O4. The Bertz CT molecular complexity index is 675. The van der Waals surface area contributed by atoms with E-state index >= 15 is 0 Å². The number of carbonyl (C=O) groups is 1. The van der Waals surface area contributed by atoms with Crippen LogP contribution in [0.1, 0.15) is 51.4 Å². The Morgan fingerprint density at radius 3 is 2.21 bits per heavy atom. The van der Waals surface area contributed by atoms with Crippen molar-refractivity contribution in [3.8, 4) is 5.75 Å². The van der Waals surface area contributed by atoms with Gasteiger partial charge in [0.15, 0.2) is 11.6 Å². The maximum atomic E-state index is 13.3. The zero-order valence-electron chi connectivity index (χ0n) is 16.1. The van der Waals surface area contributed by atoms with Crippen LogP contribution >= 0.6 is 0 Å². The van der Waals surface area contributed by atoms with Crippen LogP contribution < -0.4 is 4.74 Å². The molecule has 0 amide bonds. The Balaban J connectivity index is 1.19. The van der Waals surface area contributed by atoms with E-state index < -0.39 is 11.6 Å². The number of carbonyl (C=O) groups excluding carboxylic acids is 1. The molecule has 6 heteroatoms. The Morgan fingerprint density at radius 2 is 1.61 bits per heavy atom. The van der Waals surface area contributed by atoms with Gasteiger partial charge in [-0.05, 0) is 75.3 Å². The van der Waals surface area contributed by atoms with E-state index in [0.717, 1.165) is 69.8 Å². The number of hydrogen-bond acceptors (Lipinski definition) is 4. The molecule has 1 aromatic carbocycles. The van der Waals surface area contributed by atoms with E-state index in [4.69, 9.17) is 14.2 Å². The van der Waals surface area contributed by atoms with Crippen LogP contribution in [-0.4, -0.2) is 31.4 Å². The van der Waals surface area contributed by atoms with Gasteiger partial charge in [0.05, 0.1) is 25.2 Å². The first-order valence-corrected chi connectivity index (χ1v) is 10.5. The average molecular weight is 394 g/mol. The second-order valence-electron chi connectivity index (χ2n) is 8.43. The average Bonchev–Trinajstić information content (AvgIpc) is 3.54. The summed E-state index contributed by atoms with van der Waals surface area (Å²) in [6.45, 7) is 1.58. The highest BCUT2D eigenvalue weighted by molar-refractivity contribution is 5.75. The fourth-order valence-corrected chi connectivity index (χ4v) is 4.70. The summed E-state index contributed by atoms with van der Waals surface area (Å²) < 4.78 is 42.6. The Labute approximate surface area is 164 Å².